The molecule has 2 aliphatic heterocycles. The van der Waals surface area contributed by atoms with E-state index < -0.39 is 16.1 Å². The molecular formula is C25H38ClN3O5S. The quantitative estimate of drug-likeness (QED) is 0.533. The number of piperazine rings is 1. The second-order valence-corrected chi connectivity index (χ2v) is 12.2. The number of hydrogen-bond acceptors (Lipinski definition) is 6. The zero-order chi connectivity index (χ0) is 24.8. The van der Waals surface area contributed by atoms with E-state index in [0.717, 1.165) is 19.5 Å². The van der Waals surface area contributed by atoms with Crippen molar-refractivity contribution in [2.24, 2.45) is 0 Å². The Hall–Kier alpha value is -1.39. The number of methoxy groups -OCH3 is 1. The molecule has 2 heterocycles. The van der Waals surface area contributed by atoms with Gasteiger partial charge in [-0.15, -0.1) is 0 Å². The summed E-state index contributed by atoms with van der Waals surface area (Å²) in [5.41, 5.74) is 0. The number of benzene rings is 1. The first-order valence-electron chi connectivity index (χ1n) is 12.8. The van der Waals surface area contributed by atoms with E-state index in [1.807, 2.05) is 0 Å². The lowest BCUT2D eigenvalue weighted by atomic mass is 9.94. The van der Waals surface area contributed by atoms with E-state index in [1.54, 1.807) is 24.1 Å². The van der Waals surface area contributed by atoms with Crippen molar-refractivity contribution in [1.29, 1.82) is 0 Å². The number of halogens is 1. The molecule has 1 aliphatic carbocycles. The minimum atomic E-state index is -3.81. The molecule has 0 bridgehead atoms. The van der Waals surface area contributed by atoms with Gasteiger partial charge in [0, 0.05) is 50.4 Å². The zero-order valence-electron chi connectivity index (χ0n) is 20.6. The third-order valence-electron chi connectivity index (χ3n) is 7.61. The van der Waals surface area contributed by atoms with Gasteiger partial charge in [-0.25, -0.2) is 13.2 Å². The topological polar surface area (TPSA) is 79.4 Å². The summed E-state index contributed by atoms with van der Waals surface area (Å²) < 4.78 is 39.7. The largest absolute Gasteiger partial charge is 0.448 e. The van der Waals surface area contributed by atoms with Gasteiger partial charge in [-0.05, 0) is 49.9 Å². The summed E-state index contributed by atoms with van der Waals surface area (Å²) in [5.74, 6) is 0. The summed E-state index contributed by atoms with van der Waals surface area (Å²) >= 11 is 5.97. The molecule has 0 N–H and O–H groups in total. The van der Waals surface area contributed by atoms with Gasteiger partial charge in [-0.1, -0.05) is 37.3 Å². The van der Waals surface area contributed by atoms with Gasteiger partial charge < -0.3 is 14.4 Å². The van der Waals surface area contributed by atoms with Crippen LogP contribution in [0, 0.1) is 0 Å². The first-order valence-corrected chi connectivity index (χ1v) is 14.7. The van der Waals surface area contributed by atoms with Gasteiger partial charge in [0.1, 0.15) is 6.61 Å². The van der Waals surface area contributed by atoms with Crippen LogP contribution in [-0.4, -0.2) is 93.2 Å². The second kappa shape index (κ2) is 12.2. The smallest absolute Gasteiger partial charge is 0.409 e. The molecule has 2 atom stereocenters. The van der Waals surface area contributed by atoms with Crippen molar-refractivity contribution in [3.63, 3.8) is 0 Å². The summed E-state index contributed by atoms with van der Waals surface area (Å²) in [6, 6.07) is 6.09. The van der Waals surface area contributed by atoms with Crippen LogP contribution in [0.2, 0.25) is 5.02 Å². The third kappa shape index (κ3) is 6.49. The van der Waals surface area contributed by atoms with Gasteiger partial charge in [-0.3, -0.25) is 4.90 Å². The maximum atomic E-state index is 13.6. The Bertz CT molecular complexity index is 929. The molecule has 1 aromatic carbocycles. The van der Waals surface area contributed by atoms with Gasteiger partial charge in [-0.2, -0.15) is 4.31 Å². The predicted molar refractivity (Wildman–Crippen MR) is 135 cm³/mol. The van der Waals surface area contributed by atoms with Gasteiger partial charge in [0.05, 0.1) is 17.5 Å². The number of nitrogens with zero attached hydrogens (tertiary/aromatic N) is 3. The fourth-order valence-electron chi connectivity index (χ4n) is 5.74. The molecular weight excluding hydrogens is 490 g/mol. The highest BCUT2D eigenvalue weighted by molar-refractivity contribution is 7.89. The molecule has 3 fully saturated rings. The summed E-state index contributed by atoms with van der Waals surface area (Å²) in [6.07, 6.45) is 8.28. The number of sulfonamides is 1. The maximum absolute atomic E-state index is 13.6. The minimum Gasteiger partial charge on any atom is -0.448 e. The molecule has 0 aromatic heterocycles. The van der Waals surface area contributed by atoms with Crippen LogP contribution in [-0.2, 0) is 19.5 Å². The van der Waals surface area contributed by atoms with E-state index in [4.69, 9.17) is 21.1 Å². The average Bonchev–Trinajstić information content (AvgIpc) is 2.88. The first kappa shape index (κ1) is 26.7. The normalized spacial score (nSPS) is 25.5. The van der Waals surface area contributed by atoms with E-state index >= 15 is 0 Å². The number of carbonyl (C=O) groups excluding carboxylic acids is 1. The van der Waals surface area contributed by atoms with Crippen LogP contribution in [0.3, 0.4) is 0 Å². The fourth-order valence-corrected chi connectivity index (χ4v) is 7.71. The zero-order valence-corrected chi connectivity index (χ0v) is 22.2. The molecule has 1 amide bonds. The molecule has 2 unspecified atom stereocenters. The highest BCUT2D eigenvalue weighted by atomic mass is 35.5. The van der Waals surface area contributed by atoms with Gasteiger partial charge in [0.15, 0.2) is 0 Å². The van der Waals surface area contributed by atoms with Crippen molar-refractivity contribution in [1.82, 2.24) is 14.1 Å². The van der Waals surface area contributed by atoms with Crippen molar-refractivity contribution in [3.05, 3.63) is 29.3 Å². The molecule has 3 aliphatic rings. The third-order valence-corrected chi connectivity index (χ3v) is 9.88. The van der Waals surface area contributed by atoms with Crippen molar-refractivity contribution in [2.45, 2.75) is 74.4 Å². The molecule has 10 heteroatoms. The van der Waals surface area contributed by atoms with Crippen molar-refractivity contribution >= 4 is 27.7 Å². The van der Waals surface area contributed by atoms with Gasteiger partial charge in [0.25, 0.3) is 0 Å². The van der Waals surface area contributed by atoms with Crippen LogP contribution in [0.4, 0.5) is 4.79 Å². The van der Waals surface area contributed by atoms with Crippen LogP contribution in [0.15, 0.2) is 29.2 Å². The lowest BCUT2D eigenvalue weighted by Crippen LogP contribution is -2.55. The molecule has 1 aromatic rings. The highest BCUT2D eigenvalue weighted by Crippen LogP contribution is 2.31. The Morgan fingerprint density at radius 2 is 1.54 bits per heavy atom. The molecule has 1 saturated carbocycles. The molecule has 196 valence electrons. The van der Waals surface area contributed by atoms with Crippen molar-refractivity contribution in [3.8, 4) is 0 Å². The molecule has 35 heavy (non-hydrogen) atoms. The second-order valence-electron chi connectivity index (χ2n) is 9.87. The number of amides is 1. The SMILES string of the molecule is COCC1CCCC(COC(=O)N2CCN(C3CCCCC3)CC2)N1S(=O)(=O)c1ccc(Cl)cc1. The van der Waals surface area contributed by atoms with Gasteiger partial charge >= 0.3 is 6.09 Å². The lowest BCUT2D eigenvalue weighted by molar-refractivity contribution is 0.0283. The summed E-state index contributed by atoms with van der Waals surface area (Å²) in [6.45, 7) is 3.37. The van der Waals surface area contributed by atoms with Crippen molar-refractivity contribution < 1.29 is 22.7 Å². The molecule has 4 rings (SSSR count). The lowest BCUT2D eigenvalue weighted by Gasteiger charge is -2.41. The Labute approximate surface area is 214 Å². The van der Waals surface area contributed by atoms with E-state index in [1.165, 1.54) is 48.5 Å². The first-order chi connectivity index (χ1) is 16.9. The molecule has 8 nitrogen and oxygen atoms in total. The monoisotopic (exact) mass is 527 g/mol. The molecule has 2 saturated heterocycles. The number of ether oxygens (including phenoxy) is 2. The molecule has 0 radical (unpaired) electrons. The number of piperidine rings is 1. The maximum Gasteiger partial charge on any atom is 0.409 e. The van der Waals surface area contributed by atoms with Crippen LogP contribution in [0.5, 0.6) is 0 Å². The number of rotatable bonds is 7. The standard InChI is InChI=1S/C25H38ClN3O5S/c1-33-18-22-8-5-9-23(29(22)35(31,32)24-12-10-20(26)11-13-24)19-34-25(30)28-16-14-27(15-17-28)21-6-3-2-4-7-21/h10-13,21-23H,2-9,14-19H2,1H3. The van der Waals surface area contributed by atoms with Gasteiger partial charge in [0.2, 0.25) is 10.0 Å². The van der Waals surface area contributed by atoms with Crippen molar-refractivity contribution in [2.75, 3.05) is 46.5 Å². The Kier molecular flexibility index (Phi) is 9.32. The Morgan fingerprint density at radius 1 is 0.914 bits per heavy atom. The van der Waals surface area contributed by atoms with Crippen LogP contribution in [0.1, 0.15) is 51.4 Å². The van der Waals surface area contributed by atoms with E-state index in [-0.39, 0.29) is 23.6 Å². The van der Waals surface area contributed by atoms with E-state index in [2.05, 4.69) is 4.90 Å². The predicted octanol–water partition coefficient (Wildman–Crippen LogP) is 3.99. The Balaban J connectivity index is 1.38. The van der Waals surface area contributed by atoms with Crippen LogP contribution < -0.4 is 0 Å². The Morgan fingerprint density at radius 3 is 2.17 bits per heavy atom. The minimum absolute atomic E-state index is 0.0364. The average molecular weight is 528 g/mol. The van der Waals surface area contributed by atoms with E-state index in [9.17, 15) is 13.2 Å². The fraction of sp³-hybridized carbons (Fsp3) is 0.720. The summed E-state index contributed by atoms with van der Waals surface area (Å²) in [5, 5.41) is 0.477. The number of hydrogen-bond donors (Lipinski definition) is 0. The highest BCUT2D eigenvalue weighted by Gasteiger charge is 2.41. The summed E-state index contributed by atoms with van der Waals surface area (Å²) in [4.78, 5) is 17.3. The van der Waals surface area contributed by atoms with Crippen LogP contribution >= 0.6 is 11.6 Å². The van der Waals surface area contributed by atoms with Crippen LogP contribution in [0.25, 0.3) is 0 Å². The summed E-state index contributed by atoms with van der Waals surface area (Å²) in [7, 11) is -2.24. The molecule has 0 spiro atoms. The van der Waals surface area contributed by atoms with E-state index in [0.29, 0.717) is 43.6 Å². The number of carbonyl (C=O) groups is 1.